The topological polar surface area (TPSA) is 72.7 Å². The molecule has 8 heteroatoms. The summed E-state index contributed by atoms with van der Waals surface area (Å²) in [6.45, 7) is 4.05. The number of aromatic nitrogens is 4. The van der Waals surface area contributed by atoms with Gasteiger partial charge < -0.3 is 5.32 Å². The van der Waals surface area contributed by atoms with E-state index in [1.807, 2.05) is 6.92 Å². The Kier molecular flexibility index (Phi) is 5.88. The second-order valence-corrected chi connectivity index (χ2v) is 5.84. The minimum absolute atomic E-state index is 0.0697. The number of nitrogens with zero attached hydrogens (tertiary/aromatic N) is 4. The first kappa shape index (κ1) is 16.4. The van der Waals surface area contributed by atoms with Crippen molar-refractivity contribution in [1.29, 1.82) is 0 Å². The van der Waals surface area contributed by atoms with Gasteiger partial charge in [-0.05, 0) is 42.0 Å². The van der Waals surface area contributed by atoms with Crippen LogP contribution in [0.1, 0.15) is 26.7 Å². The number of hydrogen-bond donors (Lipinski definition) is 1. The molecule has 2 aromatic rings. The summed E-state index contributed by atoms with van der Waals surface area (Å²) in [4.78, 5) is 11.9. The summed E-state index contributed by atoms with van der Waals surface area (Å²) < 4.78 is 14.7. The largest absolute Gasteiger partial charge is 0.353 e. The fraction of sp³-hybridized carbons (Fsp3) is 0.429. The lowest BCUT2D eigenvalue weighted by Crippen LogP contribution is -2.33. The van der Waals surface area contributed by atoms with Crippen LogP contribution in [0.25, 0.3) is 5.69 Å². The molecule has 0 saturated carbocycles. The van der Waals surface area contributed by atoms with E-state index in [9.17, 15) is 9.18 Å². The van der Waals surface area contributed by atoms with Gasteiger partial charge in [-0.25, -0.2) is 4.39 Å². The zero-order chi connectivity index (χ0) is 15.9. The van der Waals surface area contributed by atoms with Crippen LogP contribution < -0.4 is 5.32 Å². The fourth-order valence-electron chi connectivity index (χ4n) is 1.99. The van der Waals surface area contributed by atoms with Gasteiger partial charge in [0.15, 0.2) is 0 Å². The first-order chi connectivity index (χ1) is 10.6. The Bertz CT molecular complexity index is 633. The van der Waals surface area contributed by atoms with Crippen LogP contribution >= 0.6 is 11.8 Å². The zero-order valence-corrected chi connectivity index (χ0v) is 13.3. The van der Waals surface area contributed by atoms with Gasteiger partial charge in [0.1, 0.15) is 5.82 Å². The summed E-state index contributed by atoms with van der Waals surface area (Å²) in [6.07, 6.45) is 1.96. The highest BCUT2D eigenvalue weighted by Crippen LogP contribution is 2.18. The van der Waals surface area contributed by atoms with Crippen LogP contribution in [0.3, 0.4) is 0 Å². The predicted molar refractivity (Wildman–Crippen MR) is 82.3 cm³/mol. The number of nitrogens with one attached hydrogen (secondary N) is 1. The Balaban J connectivity index is 1.97. The van der Waals surface area contributed by atoms with Gasteiger partial charge in [-0.2, -0.15) is 4.68 Å². The maximum absolute atomic E-state index is 13.3. The standard InChI is InChI=1S/C14H18FN5OS/c1-3-5-10(2)16-13(21)9-22-14-17-18-19-20(14)12-7-4-6-11(15)8-12/h4,6-8,10H,3,5,9H2,1-2H3,(H,16,21)/t10-/m0/s1. The van der Waals surface area contributed by atoms with E-state index in [4.69, 9.17) is 0 Å². The van der Waals surface area contributed by atoms with Gasteiger partial charge in [0.05, 0.1) is 11.4 Å². The summed E-state index contributed by atoms with van der Waals surface area (Å²) in [7, 11) is 0. The van der Waals surface area contributed by atoms with Crippen molar-refractivity contribution in [2.75, 3.05) is 5.75 Å². The van der Waals surface area contributed by atoms with Gasteiger partial charge in [-0.1, -0.05) is 31.2 Å². The first-order valence-electron chi connectivity index (χ1n) is 7.06. The average Bonchev–Trinajstić information content (AvgIpc) is 2.93. The van der Waals surface area contributed by atoms with Crippen LogP contribution in [0.4, 0.5) is 4.39 Å². The third-order valence-corrected chi connectivity index (χ3v) is 3.87. The maximum Gasteiger partial charge on any atom is 0.230 e. The van der Waals surface area contributed by atoms with Crippen LogP contribution in [0, 0.1) is 5.82 Å². The van der Waals surface area contributed by atoms with E-state index >= 15 is 0 Å². The fourth-order valence-corrected chi connectivity index (χ4v) is 2.69. The number of tetrazole rings is 1. The second-order valence-electron chi connectivity index (χ2n) is 4.90. The lowest BCUT2D eigenvalue weighted by molar-refractivity contribution is -0.119. The molecule has 1 atom stereocenters. The van der Waals surface area contributed by atoms with Crippen molar-refractivity contribution in [2.45, 2.75) is 37.9 Å². The Morgan fingerprint density at radius 2 is 2.32 bits per heavy atom. The maximum atomic E-state index is 13.3. The first-order valence-corrected chi connectivity index (χ1v) is 8.05. The molecule has 0 unspecified atom stereocenters. The van der Waals surface area contributed by atoms with Crippen molar-refractivity contribution < 1.29 is 9.18 Å². The molecule has 6 nitrogen and oxygen atoms in total. The molecule has 1 aromatic heterocycles. The third-order valence-electron chi connectivity index (χ3n) is 2.96. The highest BCUT2D eigenvalue weighted by molar-refractivity contribution is 7.99. The van der Waals surface area contributed by atoms with E-state index in [0.717, 1.165) is 12.8 Å². The van der Waals surface area contributed by atoms with Crippen molar-refractivity contribution in [3.05, 3.63) is 30.1 Å². The van der Waals surface area contributed by atoms with E-state index in [0.29, 0.717) is 10.8 Å². The smallest absolute Gasteiger partial charge is 0.230 e. The molecule has 0 radical (unpaired) electrons. The minimum Gasteiger partial charge on any atom is -0.353 e. The Labute approximate surface area is 132 Å². The summed E-state index contributed by atoms with van der Waals surface area (Å²) in [5.74, 6) is -0.223. The van der Waals surface area contributed by atoms with Gasteiger partial charge in [0.25, 0.3) is 0 Å². The van der Waals surface area contributed by atoms with Crippen LogP contribution in [0.5, 0.6) is 0 Å². The molecule has 0 saturated heterocycles. The summed E-state index contributed by atoms with van der Waals surface area (Å²) in [5, 5.41) is 14.7. The van der Waals surface area contributed by atoms with Crippen LogP contribution in [-0.2, 0) is 4.79 Å². The molecule has 2 rings (SSSR count). The molecule has 1 amide bonds. The molecule has 0 aliphatic rings. The predicted octanol–water partition coefficient (Wildman–Crippen LogP) is 2.20. The third kappa shape index (κ3) is 4.52. The Morgan fingerprint density at radius 3 is 3.05 bits per heavy atom. The van der Waals surface area contributed by atoms with Gasteiger partial charge in [0, 0.05) is 6.04 Å². The van der Waals surface area contributed by atoms with Crippen molar-refractivity contribution >= 4 is 17.7 Å². The monoisotopic (exact) mass is 323 g/mol. The molecule has 0 aliphatic carbocycles. The number of carbonyl (C=O) groups is 1. The number of rotatable bonds is 7. The van der Waals surface area contributed by atoms with Gasteiger partial charge in [0.2, 0.25) is 11.1 Å². The van der Waals surface area contributed by atoms with Gasteiger partial charge in [-0.3, -0.25) is 4.79 Å². The minimum atomic E-state index is -0.366. The van der Waals surface area contributed by atoms with Crippen LogP contribution in [-0.4, -0.2) is 37.9 Å². The molecule has 1 aromatic carbocycles. The quantitative estimate of drug-likeness (QED) is 0.791. The van der Waals surface area contributed by atoms with Crippen molar-refractivity contribution in [1.82, 2.24) is 25.5 Å². The molecule has 0 aliphatic heterocycles. The number of carbonyl (C=O) groups excluding carboxylic acids is 1. The highest BCUT2D eigenvalue weighted by Gasteiger charge is 2.13. The van der Waals surface area contributed by atoms with E-state index < -0.39 is 0 Å². The summed E-state index contributed by atoms with van der Waals surface area (Å²) >= 11 is 1.21. The molecule has 1 N–H and O–H groups in total. The Hall–Kier alpha value is -1.96. The molecule has 0 bridgehead atoms. The van der Waals surface area contributed by atoms with E-state index in [1.165, 1.54) is 28.6 Å². The molecule has 0 fully saturated rings. The van der Waals surface area contributed by atoms with Crippen LogP contribution in [0.2, 0.25) is 0 Å². The number of benzene rings is 1. The number of thioether (sulfide) groups is 1. The van der Waals surface area contributed by atoms with Gasteiger partial charge in [-0.15, -0.1) is 5.10 Å². The van der Waals surface area contributed by atoms with E-state index in [2.05, 4.69) is 27.8 Å². The molecule has 1 heterocycles. The number of amides is 1. The Morgan fingerprint density at radius 1 is 1.50 bits per heavy atom. The molecule has 22 heavy (non-hydrogen) atoms. The normalized spacial score (nSPS) is 12.1. The number of hydrogen-bond acceptors (Lipinski definition) is 5. The van der Waals surface area contributed by atoms with Crippen LogP contribution in [0.15, 0.2) is 29.4 Å². The number of halogens is 1. The average molecular weight is 323 g/mol. The van der Waals surface area contributed by atoms with Crippen molar-refractivity contribution in [3.63, 3.8) is 0 Å². The van der Waals surface area contributed by atoms with E-state index in [-0.39, 0.29) is 23.5 Å². The molecular formula is C14H18FN5OS. The van der Waals surface area contributed by atoms with Crippen molar-refractivity contribution in [2.24, 2.45) is 0 Å². The van der Waals surface area contributed by atoms with Crippen molar-refractivity contribution in [3.8, 4) is 5.69 Å². The highest BCUT2D eigenvalue weighted by atomic mass is 32.2. The lowest BCUT2D eigenvalue weighted by atomic mass is 10.2. The summed E-state index contributed by atoms with van der Waals surface area (Å²) in [6, 6.07) is 6.12. The zero-order valence-electron chi connectivity index (χ0n) is 12.5. The second kappa shape index (κ2) is 7.88. The summed E-state index contributed by atoms with van der Waals surface area (Å²) in [5.41, 5.74) is 0.521. The molecular weight excluding hydrogens is 305 g/mol. The van der Waals surface area contributed by atoms with E-state index in [1.54, 1.807) is 12.1 Å². The molecule has 118 valence electrons. The lowest BCUT2D eigenvalue weighted by Gasteiger charge is -2.12. The van der Waals surface area contributed by atoms with Gasteiger partial charge >= 0.3 is 0 Å². The SMILES string of the molecule is CCC[C@H](C)NC(=O)CSc1nnnn1-c1cccc(F)c1. The molecule has 0 spiro atoms.